The normalized spacial score (nSPS) is 12.1. The molecule has 21 heavy (non-hydrogen) atoms. The Balaban J connectivity index is 2.06. The molecule has 3 nitrogen and oxygen atoms in total. The van der Waals surface area contributed by atoms with E-state index in [0.717, 1.165) is 17.7 Å². The fourth-order valence-electron chi connectivity index (χ4n) is 2.26. The molecule has 0 aromatic heterocycles. The first-order valence-electron chi connectivity index (χ1n) is 6.98. The van der Waals surface area contributed by atoms with Crippen molar-refractivity contribution in [1.29, 1.82) is 0 Å². The second-order valence-electron chi connectivity index (χ2n) is 4.89. The molecule has 0 saturated heterocycles. The van der Waals surface area contributed by atoms with Gasteiger partial charge in [-0.3, -0.25) is 0 Å². The van der Waals surface area contributed by atoms with Gasteiger partial charge in [0.2, 0.25) is 0 Å². The zero-order valence-corrected chi connectivity index (χ0v) is 12.3. The molecule has 4 heteroatoms. The summed E-state index contributed by atoms with van der Waals surface area (Å²) in [6.07, 6.45) is 0.891. The third-order valence-corrected chi connectivity index (χ3v) is 3.51. The van der Waals surface area contributed by atoms with Crippen LogP contribution in [0.2, 0.25) is 0 Å². The number of benzene rings is 2. The van der Waals surface area contributed by atoms with E-state index in [9.17, 15) is 9.50 Å². The van der Waals surface area contributed by atoms with E-state index in [2.05, 4.69) is 12.2 Å². The summed E-state index contributed by atoms with van der Waals surface area (Å²) in [5.74, 6) is 0.576. The van der Waals surface area contributed by atoms with Crippen molar-refractivity contribution in [3.8, 4) is 11.5 Å². The summed E-state index contributed by atoms with van der Waals surface area (Å²) in [6, 6.07) is 12.0. The van der Waals surface area contributed by atoms with Gasteiger partial charge in [0, 0.05) is 18.2 Å². The van der Waals surface area contributed by atoms with Gasteiger partial charge >= 0.3 is 0 Å². The van der Waals surface area contributed by atoms with Gasteiger partial charge in [0.25, 0.3) is 0 Å². The van der Waals surface area contributed by atoms with E-state index in [1.54, 1.807) is 7.11 Å². The van der Waals surface area contributed by atoms with Crippen molar-refractivity contribution in [2.24, 2.45) is 0 Å². The summed E-state index contributed by atoms with van der Waals surface area (Å²) in [7, 11) is 1.64. The number of hydrogen-bond donors (Lipinski definition) is 2. The van der Waals surface area contributed by atoms with Gasteiger partial charge in [0.05, 0.1) is 7.11 Å². The molecule has 0 fully saturated rings. The predicted molar refractivity (Wildman–Crippen MR) is 80.9 cm³/mol. The zero-order chi connectivity index (χ0) is 15.2. The van der Waals surface area contributed by atoms with Gasteiger partial charge in [-0.25, -0.2) is 4.39 Å². The lowest BCUT2D eigenvalue weighted by molar-refractivity contribution is 0.414. The smallest absolute Gasteiger partial charge is 0.123 e. The summed E-state index contributed by atoms with van der Waals surface area (Å²) < 4.78 is 18.4. The molecule has 2 rings (SSSR count). The lowest BCUT2D eigenvalue weighted by Gasteiger charge is -2.18. The Kier molecular flexibility index (Phi) is 5.17. The van der Waals surface area contributed by atoms with Gasteiger partial charge < -0.3 is 15.2 Å². The van der Waals surface area contributed by atoms with Crippen LogP contribution in [0.15, 0.2) is 42.5 Å². The number of halogens is 1. The van der Waals surface area contributed by atoms with E-state index >= 15 is 0 Å². The molecule has 0 spiro atoms. The number of rotatable bonds is 6. The van der Waals surface area contributed by atoms with E-state index in [-0.39, 0.29) is 17.6 Å². The Hall–Kier alpha value is -2.07. The summed E-state index contributed by atoms with van der Waals surface area (Å²) >= 11 is 0. The first kappa shape index (κ1) is 15.3. The van der Waals surface area contributed by atoms with Crippen molar-refractivity contribution >= 4 is 0 Å². The summed E-state index contributed by atoms with van der Waals surface area (Å²) in [5, 5.41) is 13.1. The number of phenolic OH excluding ortho intramolecular Hbond substituents is 1. The van der Waals surface area contributed by atoms with Crippen LogP contribution in [-0.4, -0.2) is 12.2 Å². The molecule has 0 amide bonds. The molecule has 112 valence electrons. The van der Waals surface area contributed by atoms with Crippen LogP contribution >= 0.6 is 0 Å². The minimum atomic E-state index is -0.345. The van der Waals surface area contributed by atoms with Crippen LogP contribution in [0.4, 0.5) is 4.39 Å². The second-order valence-corrected chi connectivity index (χ2v) is 4.89. The van der Waals surface area contributed by atoms with Gasteiger partial charge in [-0.2, -0.15) is 0 Å². The van der Waals surface area contributed by atoms with Crippen molar-refractivity contribution < 1.29 is 14.2 Å². The highest BCUT2D eigenvalue weighted by molar-refractivity contribution is 5.33. The molecule has 0 aliphatic carbocycles. The molecule has 0 heterocycles. The second kappa shape index (κ2) is 7.09. The molecule has 0 radical (unpaired) electrons. The Morgan fingerprint density at radius 3 is 2.52 bits per heavy atom. The summed E-state index contributed by atoms with van der Waals surface area (Å²) in [4.78, 5) is 0. The fraction of sp³-hybridized carbons (Fsp3) is 0.294. The van der Waals surface area contributed by atoms with Gasteiger partial charge in [-0.1, -0.05) is 19.1 Å². The third kappa shape index (κ3) is 3.95. The quantitative estimate of drug-likeness (QED) is 0.850. The molecule has 2 aromatic carbocycles. The standard InChI is InChI=1S/C17H20FNO2/c1-3-16(12-4-7-15(21-2)8-5-12)19-11-13-10-14(18)6-9-17(13)20/h4-10,16,19-20H,3,11H2,1-2H3. The highest BCUT2D eigenvalue weighted by atomic mass is 19.1. The van der Waals surface area contributed by atoms with Gasteiger partial charge in [-0.05, 0) is 42.3 Å². The van der Waals surface area contributed by atoms with Gasteiger partial charge in [0.1, 0.15) is 17.3 Å². The maximum absolute atomic E-state index is 13.2. The maximum Gasteiger partial charge on any atom is 0.123 e. The Bertz CT molecular complexity index is 584. The minimum absolute atomic E-state index is 0.105. The van der Waals surface area contributed by atoms with Crippen LogP contribution in [0.5, 0.6) is 11.5 Å². The molecule has 0 aliphatic rings. The molecule has 2 N–H and O–H groups in total. The van der Waals surface area contributed by atoms with Crippen molar-refractivity contribution in [2.45, 2.75) is 25.9 Å². The number of aromatic hydroxyl groups is 1. The highest BCUT2D eigenvalue weighted by Gasteiger charge is 2.10. The first-order valence-corrected chi connectivity index (χ1v) is 6.98. The molecule has 0 aliphatic heterocycles. The third-order valence-electron chi connectivity index (χ3n) is 3.51. The van der Waals surface area contributed by atoms with E-state index in [0.29, 0.717) is 12.1 Å². The van der Waals surface area contributed by atoms with Crippen LogP contribution in [-0.2, 0) is 6.54 Å². The number of hydrogen-bond acceptors (Lipinski definition) is 3. The van der Waals surface area contributed by atoms with Crippen LogP contribution in [0.25, 0.3) is 0 Å². The van der Waals surface area contributed by atoms with Crippen molar-refractivity contribution in [2.75, 3.05) is 7.11 Å². The average molecular weight is 289 g/mol. The largest absolute Gasteiger partial charge is 0.508 e. The van der Waals surface area contributed by atoms with Crippen LogP contribution < -0.4 is 10.1 Å². The topological polar surface area (TPSA) is 41.5 Å². The van der Waals surface area contributed by atoms with Crippen LogP contribution in [0, 0.1) is 5.82 Å². The van der Waals surface area contributed by atoms with Crippen molar-refractivity contribution in [1.82, 2.24) is 5.32 Å². The fourth-order valence-corrected chi connectivity index (χ4v) is 2.26. The highest BCUT2D eigenvalue weighted by Crippen LogP contribution is 2.22. The summed E-state index contributed by atoms with van der Waals surface area (Å²) in [6.45, 7) is 2.49. The maximum atomic E-state index is 13.2. The van der Waals surface area contributed by atoms with Gasteiger partial charge in [-0.15, -0.1) is 0 Å². The van der Waals surface area contributed by atoms with E-state index < -0.39 is 0 Å². The van der Waals surface area contributed by atoms with E-state index in [4.69, 9.17) is 4.74 Å². The average Bonchev–Trinajstić information content (AvgIpc) is 2.51. The van der Waals surface area contributed by atoms with Crippen molar-refractivity contribution in [3.63, 3.8) is 0 Å². The SMILES string of the molecule is CCC(NCc1cc(F)ccc1O)c1ccc(OC)cc1. The molecule has 0 saturated carbocycles. The molecule has 0 bridgehead atoms. The van der Waals surface area contributed by atoms with Crippen LogP contribution in [0.3, 0.4) is 0 Å². The number of methoxy groups -OCH3 is 1. The minimum Gasteiger partial charge on any atom is -0.508 e. The monoisotopic (exact) mass is 289 g/mol. The molecular weight excluding hydrogens is 269 g/mol. The Labute approximate surface area is 124 Å². The number of ether oxygens (including phenoxy) is 1. The van der Waals surface area contributed by atoms with Crippen LogP contribution in [0.1, 0.15) is 30.5 Å². The first-order chi connectivity index (χ1) is 10.1. The van der Waals surface area contributed by atoms with E-state index in [1.807, 2.05) is 24.3 Å². The number of nitrogens with one attached hydrogen (secondary N) is 1. The Morgan fingerprint density at radius 2 is 1.90 bits per heavy atom. The van der Waals surface area contributed by atoms with E-state index in [1.165, 1.54) is 18.2 Å². The van der Waals surface area contributed by atoms with Crippen molar-refractivity contribution in [3.05, 3.63) is 59.4 Å². The lowest BCUT2D eigenvalue weighted by atomic mass is 10.0. The molecule has 1 unspecified atom stereocenters. The number of phenols is 1. The zero-order valence-electron chi connectivity index (χ0n) is 12.3. The summed E-state index contributed by atoms with van der Waals surface area (Å²) in [5.41, 5.74) is 1.69. The van der Waals surface area contributed by atoms with Gasteiger partial charge in [0.15, 0.2) is 0 Å². The molecular formula is C17H20FNO2. The predicted octanol–water partition coefficient (Wildman–Crippen LogP) is 3.78. The molecule has 2 aromatic rings. The lowest BCUT2D eigenvalue weighted by Crippen LogP contribution is -2.20. The molecule has 1 atom stereocenters. The Morgan fingerprint density at radius 1 is 1.19 bits per heavy atom.